The van der Waals surface area contributed by atoms with Crippen LogP contribution in [0.5, 0.6) is 0 Å². The monoisotopic (exact) mass is 484 g/mol. The van der Waals surface area contributed by atoms with Gasteiger partial charge in [0.1, 0.15) is 28.5 Å². The van der Waals surface area contributed by atoms with Crippen molar-refractivity contribution < 1.29 is 8.78 Å². The Labute approximate surface area is 207 Å². The SMILES string of the molecule is CC1CN(c2cnc3c(-c4ccc(F)c5ncccc45)c[nH]c3n2)CC[C@]1(CN)c1ccccc1F. The molecule has 0 aliphatic carbocycles. The zero-order chi connectivity index (χ0) is 24.9. The molecule has 1 aliphatic rings. The van der Waals surface area contributed by atoms with Crippen LogP contribution < -0.4 is 10.6 Å². The molecular formula is C28H26F2N6. The van der Waals surface area contributed by atoms with Gasteiger partial charge in [-0.3, -0.25) is 4.98 Å². The lowest BCUT2D eigenvalue weighted by atomic mass is 9.66. The second-order valence-electron chi connectivity index (χ2n) is 9.56. The van der Waals surface area contributed by atoms with E-state index in [9.17, 15) is 8.78 Å². The summed E-state index contributed by atoms with van der Waals surface area (Å²) in [7, 11) is 0. The van der Waals surface area contributed by atoms with Crippen LogP contribution >= 0.6 is 0 Å². The van der Waals surface area contributed by atoms with E-state index in [0.29, 0.717) is 41.9 Å². The van der Waals surface area contributed by atoms with E-state index >= 15 is 0 Å². The van der Waals surface area contributed by atoms with Gasteiger partial charge in [-0.2, -0.15) is 0 Å². The number of nitrogens with zero attached hydrogens (tertiary/aromatic N) is 4. The highest BCUT2D eigenvalue weighted by Gasteiger charge is 2.43. The van der Waals surface area contributed by atoms with Gasteiger partial charge >= 0.3 is 0 Å². The minimum Gasteiger partial charge on any atom is -0.355 e. The van der Waals surface area contributed by atoms with E-state index in [-0.39, 0.29) is 17.6 Å². The minimum atomic E-state index is -0.420. The molecule has 0 saturated carbocycles. The molecule has 0 amide bonds. The Hall–Kier alpha value is -3.91. The average molecular weight is 485 g/mol. The number of rotatable bonds is 4. The van der Waals surface area contributed by atoms with E-state index in [2.05, 4.69) is 21.8 Å². The van der Waals surface area contributed by atoms with Crippen molar-refractivity contribution in [2.75, 3.05) is 24.5 Å². The Bertz CT molecular complexity index is 1580. The standard InChI is InChI=1S/C28H26F2N6/c1-17-15-36(12-10-28(17,16-31)21-6-2-3-7-22(21)29)24-14-33-26-20(13-34-27(26)35-24)18-8-9-23(30)25-19(18)5-4-11-32-25/h2-9,11,13-14,17H,10,12,15-16,31H2,1H3,(H,34,35)/t17?,28-/m1/s1. The van der Waals surface area contributed by atoms with Crippen molar-refractivity contribution in [3.8, 4) is 11.1 Å². The Morgan fingerprint density at radius 2 is 1.89 bits per heavy atom. The van der Waals surface area contributed by atoms with E-state index in [4.69, 9.17) is 15.7 Å². The summed E-state index contributed by atoms with van der Waals surface area (Å²) in [6.45, 7) is 3.89. The number of nitrogens with two attached hydrogens (primary N) is 1. The van der Waals surface area contributed by atoms with Gasteiger partial charge in [-0.1, -0.05) is 37.3 Å². The maximum Gasteiger partial charge on any atom is 0.159 e. The van der Waals surface area contributed by atoms with Gasteiger partial charge in [-0.05, 0) is 41.7 Å². The summed E-state index contributed by atoms with van der Waals surface area (Å²) in [6, 6.07) is 13.8. The number of nitrogens with one attached hydrogen (secondary N) is 1. The first-order valence-electron chi connectivity index (χ1n) is 12.1. The molecule has 6 nitrogen and oxygen atoms in total. The fourth-order valence-electron chi connectivity index (χ4n) is 5.68. The zero-order valence-electron chi connectivity index (χ0n) is 19.9. The topological polar surface area (TPSA) is 83.7 Å². The van der Waals surface area contributed by atoms with E-state index < -0.39 is 5.41 Å². The molecule has 6 rings (SSSR count). The molecule has 4 heterocycles. The van der Waals surface area contributed by atoms with Crippen LogP contribution in [0.4, 0.5) is 14.6 Å². The molecule has 1 aliphatic heterocycles. The molecule has 3 N–H and O–H groups in total. The van der Waals surface area contributed by atoms with Gasteiger partial charge < -0.3 is 15.6 Å². The van der Waals surface area contributed by atoms with Crippen molar-refractivity contribution in [3.63, 3.8) is 0 Å². The lowest BCUT2D eigenvalue weighted by Crippen LogP contribution is -2.53. The predicted octanol–water partition coefficient (Wildman–Crippen LogP) is 5.19. The highest BCUT2D eigenvalue weighted by Crippen LogP contribution is 2.41. The van der Waals surface area contributed by atoms with Crippen molar-refractivity contribution in [1.29, 1.82) is 0 Å². The highest BCUT2D eigenvalue weighted by atomic mass is 19.1. The molecule has 2 aromatic carbocycles. The molecule has 1 unspecified atom stereocenters. The molecule has 3 aromatic heterocycles. The van der Waals surface area contributed by atoms with E-state index in [1.807, 2.05) is 24.4 Å². The van der Waals surface area contributed by atoms with Crippen LogP contribution in [0.1, 0.15) is 18.9 Å². The third-order valence-electron chi connectivity index (χ3n) is 7.74. The maximum atomic E-state index is 14.7. The molecule has 0 radical (unpaired) electrons. The van der Waals surface area contributed by atoms with Crippen LogP contribution in [-0.2, 0) is 5.41 Å². The Morgan fingerprint density at radius 3 is 2.69 bits per heavy atom. The maximum absolute atomic E-state index is 14.7. The second kappa shape index (κ2) is 8.64. The number of pyridine rings is 1. The fraction of sp³-hybridized carbons (Fsp3) is 0.250. The number of fused-ring (bicyclic) bond motifs is 2. The van der Waals surface area contributed by atoms with Crippen molar-refractivity contribution in [1.82, 2.24) is 19.9 Å². The van der Waals surface area contributed by atoms with Gasteiger partial charge in [0.15, 0.2) is 5.65 Å². The normalized spacial score (nSPS) is 20.3. The number of halogens is 2. The van der Waals surface area contributed by atoms with Crippen LogP contribution in [0.25, 0.3) is 33.2 Å². The summed E-state index contributed by atoms with van der Waals surface area (Å²) < 4.78 is 29.0. The van der Waals surface area contributed by atoms with E-state index in [0.717, 1.165) is 28.8 Å². The predicted molar refractivity (Wildman–Crippen MR) is 138 cm³/mol. The van der Waals surface area contributed by atoms with Crippen LogP contribution in [0.3, 0.4) is 0 Å². The summed E-state index contributed by atoms with van der Waals surface area (Å²) in [4.78, 5) is 19.2. The number of aromatic nitrogens is 4. The number of piperidine rings is 1. The summed E-state index contributed by atoms with van der Waals surface area (Å²) >= 11 is 0. The van der Waals surface area contributed by atoms with E-state index in [1.54, 1.807) is 30.6 Å². The fourth-order valence-corrected chi connectivity index (χ4v) is 5.68. The first-order valence-corrected chi connectivity index (χ1v) is 12.1. The van der Waals surface area contributed by atoms with Crippen molar-refractivity contribution >= 4 is 27.9 Å². The van der Waals surface area contributed by atoms with Crippen LogP contribution in [0, 0.1) is 17.6 Å². The summed E-state index contributed by atoms with van der Waals surface area (Å²) in [5.41, 5.74) is 9.90. The molecule has 8 heteroatoms. The lowest BCUT2D eigenvalue weighted by molar-refractivity contribution is 0.236. The van der Waals surface area contributed by atoms with Crippen molar-refractivity contribution in [2.45, 2.75) is 18.8 Å². The van der Waals surface area contributed by atoms with Gasteiger partial charge in [-0.25, -0.2) is 18.7 Å². The lowest BCUT2D eigenvalue weighted by Gasteiger charge is -2.47. The molecule has 2 atom stereocenters. The van der Waals surface area contributed by atoms with Gasteiger partial charge in [0.25, 0.3) is 0 Å². The number of H-pyrrole nitrogens is 1. The molecule has 36 heavy (non-hydrogen) atoms. The third-order valence-corrected chi connectivity index (χ3v) is 7.74. The molecule has 1 fully saturated rings. The quantitative estimate of drug-likeness (QED) is 0.367. The average Bonchev–Trinajstić information content (AvgIpc) is 3.33. The number of benzene rings is 2. The summed E-state index contributed by atoms with van der Waals surface area (Å²) in [5, 5.41) is 0.723. The summed E-state index contributed by atoms with van der Waals surface area (Å²) in [6.07, 6.45) is 5.93. The largest absolute Gasteiger partial charge is 0.355 e. The molecule has 1 saturated heterocycles. The van der Waals surface area contributed by atoms with Crippen LogP contribution in [0.15, 0.2) is 67.1 Å². The number of hydrogen-bond acceptors (Lipinski definition) is 5. The molecule has 0 bridgehead atoms. The summed E-state index contributed by atoms with van der Waals surface area (Å²) in [5.74, 6) is 0.313. The van der Waals surface area contributed by atoms with Gasteiger partial charge in [0, 0.05) is 48.4 Å². The molecular weight excluding hydrogens is 458 g/mol. The van der Waals surface area contributed by atoms with E-state index in [1.165, 1.54) is 12.1 Å². The smallest absolute Gasteiger partial charge is 0.159 e. The van der Waals surface area contributed by atoms with Gasteiger partial charge in [-0.15, -0.1) is 0 Å². The molecule has 5 aromatic rings. The Kier molecular flexibility index (Phi) is 5.41. The Morgan fingerprint density at radius 1 is 1.03 bits per heavy atom. The minimum absolute atomic E-state index is 0.114. The second-order valence-corrected chi connectivity index (χ2v) is 9.56. The number of aromatic amines is 1. The van der Waals surface area contributed by atoms with Crippen LogP contribution in [-0.4, -0.2) is 39.6 Å². The first kappa shape index (κ1) is 22.5. The van der Waals surface area contributed by atoms with Crippen molar-refractivity contribution in [3.05, 3.63) is 84.3 Å². The number of hydrogen-bond donors (Lipinski definition) is 2. The Balaban J connectivity index is 1.32. The van der Waals surface area contributed by atoms with Crippen molar-refractivity contribution in [2.24, 2.45) is 11.7 Å². The first-order chi connectivity index (χ1) is 17.5. The van der Waals surface area contributed by atoms with Gasteiger partial charge in [0.05, 0.1) is 6.20 Å². The third kappa shape index (κ3) is 3.44. The van der Waals surface area contributed by atoms with Gasteiger partial charge in [0.2, 0.25) is 0 Å². The number of anilines is 1. The zero-order valence-corrected chi connectivity index (χ0v) is 19.9. The molecule has 182 valence electrons. The molecule has 0 spiro atoms. The highest BCUT2D eigenvalue weighted by molar-refractivity contribution is 6.02. The van der Waals surface area contributed by atoms with Crippen LogP contribution in [0.2, 0.25) is 0 Å².